The van der Waals surface area contributed by atoms with E-state index in [9.17, 15) is 13.2 Å². The van der Waals surface area contributed by atoms with Gasteiger partial charge in [-0.05, 0) is 30.7 Å². The molecule has 2 aromatic carbocycles. The number of oxazole rings is 1. The van der Waals surface area contributed by atoms with Crippen LogP contribution in [-0.2, 0) is 17.1 Å². The fourth-order valence-corrected chi connectivity index (χ4v) is 5.13. The quantitative estimate of drug-likeness (QED) is 0.522. The summed E-state index contributed by atoms with van der Waals surface area (Å²) in [5.41, 5.74) is 2.70. The van der Waals surface area contributed by atoms with Crippen LogP contribution in [-0.4, -0.2) is 18.0 Å². The average molecular weight is 436 g/mol. The second-order valence-corrected chi connectivity index (χ2v) is 9.11. The van der Waals surface area contributed by atoms with Crippen LogP contribution in [0.3, 0.4) is 0 Å². The van der Waals surface area contributed by atoms with E-state index in [0.717, 1.165) is 5.56 Å². The number of hydrogen-bond acceptors (Lipinski definition) is 6. The van der Waals surface area contributed by atoms with E-state index in [1.165, 1.54) is 22.0 Å². The number of rotatable bonds is 4. The topological polar surface area (TPSA) is 94.2 Å². The molecule has 28 heavy (non-hydrogen) atoms. The number of aromatic nitrogens is 2. The molecule has 0 unspecified atom stereocenters. The molecular weight excluding hydrogens is 422 g/mol. The van der Waals surface area contributed by atoms with E-state index in [-0.39, 0.29) is 15.6 Å². The Morgan fingerprint density at radius 3 is 2.64 bits per heavy atom. The number of fused-ring (bicyclic) bond motifs is 1. The summed E-state index contributed by atoms with van der Waals surface area (Å²) < 4.78 is 34.6. The Hall–Kier alpha value is -2.62. The van der Waals surface area contributed by atoms with Gasteiger partial charge < -0.3 is 4.42 Å². The first-order chi connectivity index (χ1) is 13.2. The molecule has 0 radical (unpaired) electrons. The van der Waals surface area contributed by atoms with E-state index in [4.69, 9.17) is 16.0 Å². The van der Waals surface area contributed by atoms with Crippen molar-refractivity contribution in [1.82, 2.24) is 9.55 Å². The maximum atomic E-state index is 12.9. The Morgan fingerprint density at radius 2 is 1.93 bits per heavy atom. The van der Waals surface area contributed by atoms with E-state index in [0.29, 0.717) is 21.8 Å². The highest BCUT2D eigenvalue weighted by molar-refractivity contribution is 7.93. The van der Waals surface area contributed by atoms with Crippen LogP contribution in [0.15, 0.2) is 55.9 Å². The van der Waals surface area contributed by atoms with E-state index >= 15 is 0 Å². The number of hydrogen-bond donors (Lipinski definition) is 1. The molecule has 0 bridgehead atoms. The molecule has 0 fully saturated rings. The predicted molar refractivity (Wildman–Crippen MR) is 110 cm³/mol. The fraction of sp³-hybridized carbons (Fsp3) is 0.111. The van der Waals surface area contributed by atoms with Crippen LogP contribution in [0.2, 0.25) is 5.02 Å². The van der Waals surface area contributed by atoms with Gasteiger partial charge in [0, 0.05) is 29.1 Å². The Balaban J connectivity index is 1.68. The second kappa shape index (κ2) is 6.77. The van der Waals surface area contributed by atoms with E-state index < -0.39 is 15.8 Å². The molecule has 0 saturated carbocycles. The van der Waals surface area contributed by atoms with Crippen molar-refractivity contribution in [2.24, 2.45) is 7.05 Å². The van der Waals surface area contributed by atoms with Crippen molar-refractivity contribution in [2.75, 3.05) is 4.72 Å². The van der Waals surface area contributed by atoms with E-state index in [1.54, 1.807) is 37.6 Å². The number of thiazole rings is 1. The lowest BCUT2D eigenvalue weighted by Gasteiger charge is -2.08. The monoisotopic (exact) mass is 435 g/mol. The molecule has 10 heteroatoms. The van der Waals surface area contributed by atoms with Crippen LogP contribution in [0.5, 0.6) is 0 Å². The van der Waals surface area contributed by atoms with Gasteiger partial charge in [0.2, 0.25) is 0 Å². The third-order valence-electron chi connectivity index (χ3n) is 4.24. The molecule has 0 atom stereocenters. The highest BCUT2D eigenvalue weighted by Gasteiger charge is 2.21. The first kappa shape index (κ1) is 18.7. The summed E-state index contributed by atoms with van der Waals surface area (Å²) in [6.45, 7) is 1.66. The molecule has 0 spiro atoms. The Morgan fingerprint density at radius 1 is 1.21 bits per heavy atom. The van der Waals surface area contributed by atoms with E-state index in [2.05, 4.69) is 9.71 Å². The van der Waals surface area contributed by atoms with Gasteiger partial charge in [-0.25, -0.2) is 18.2 Å². The number of anilines is 1. The molecule has 0 amide bonds. The van der Waals surface area contributed by atoms with Crippen molar-refractivity contribution in [1.29, 1.82) is 0 Å². The van der Waals surface area contributed by atoms with Crippen molar-refractivity contribution in [3.8, 4) is 11.3 Å². The molecule has 4 rings (SSSR count). The summed E-state index contributed by atoms with van der Waals surface area (Å²) >= 11 is 7.06. The average Bonchev–Trinajstić information content (AvgIpc) is 3.20. The molecule has 1 N–H and O–H groups in total. The van der Waals surface area contributed by atoms with Gasteiger partial charge in [0.05, 0.1) is 16.1 Å². The number of sulfonamides is 1. The third kappa shape index (κ3) is 3.32. The minimum Gasteiger partial charge on any atom is -0.408 e. The minimum atomic E-state index is -3.91. The SMILES string of the molecule is Cc1cc2c(cc1S(=O)(=O)Nc1nc(-c3ccc(Cl)cc3)cs1)oc(=O)n2C. The van der Waals surface area contributed by atoms with Gasteiger partial charge in [-0.15, -0.1) is 11.3 Å². The van der Waals surface area contributed by atoms with Crippen molar-refractivity contribution in [2.45, 2.75) is 11.8 Å². The van der Waals surface area contributed by atoms with Gasteiger partial charge in [0.1, 0.15) is 0 Å². The Labute approximate surface area is 169 Å². The normalized spacial score (nSPS) is 11.8. The smallest absolute Gasteiger partial charge is 0.408 e. The maximum absolute atomic E-state index is 12.9. The van der Waals surface area contributed by atoms with Gasteiger partial charge in [0.15, 0.2) is 10.7 Å². The van der Waals surface area contributed by atoms with Gasteiger partial charge in [-0.3, -0.25) is 9.29 Å². The maximum Gasteiger partial charge on any atom is 0.419 e. The van der Waals surface area contributed by atoms with Crippen LogP contribution in [0, 0.1) is 6.92 Å². The molecule has 0 saturated heterocycles. The number of nitrogens with one attached hydrogen (secondary N) is 1. The first-order valence-corrected chi connectivity index (χ1v) is 10.8. The molecule has 0 aliphatic heterocycles. The minimum absolute atomic E-state index is 0.0255. The lowest BCUT2D eigenvalue weighted by Crippen LogP contribution is -2.14. The number of halogens is 1. The van der Waals surface area contributed by atoms with Crippen molar-refractivity contribution in [3.63, 3.8) is 0 Å². The van der Waals surface area contributed by atoms with E-state index in [1.807, 2.05) is 12.1 Å². The van der Waals surface area contributed by atoms with Gasteiger partial charge >= 0.3 is 5.76 Å². The van der Waals surface area contributed by atoms with Crippen molar-refractivity contribution >= 4 is 49.2 Å². The lowest BCUT2D eigenvalue weighted by molar-refractivity contribution is 0.527. The summed E-state index contributed by atoms with van der Waals surface area (Å²) in [6, 6.07) is 10.1. The molecule has 144 valence electrons. The molecule has 0 aliphatic rings. The number of nitrogens with zero attached hydrogens (tertiary/aromatic N) is 2. The van der Waals surface area contributed by atoms with Crippen LogP contribution >= 0.6 is 22.9 Å². The zero-order chi connectivity index (χ0) is 20.1. The van der Waals surface area contributed by atoms with Crippen molar-refractivity contribution < 1.29 is 12.8 Å². The summed E-state index contributed by atoms with van der Waals surface area (Å²) in [6.07, 6.45) is 0. The largest absolute Gasteiger partial charge is 0.419 e. The third-order valence-corrected chi connectivity index (χ3v) is 6.86. The molecule has 2 aromatic heterocycles. The second-order valence-electron chi connectivity index (χ2n) is 6.16. The molecule has 2 heterocycles. The number of benzene rings is 2. The number of aryl methyl sites for hydroxylation is 2. The highest BCUT2D eigenvalue weighted by Crippen LogP contribution is 2.29. The summed E-state index contributed by atoms with van der Waals surface area (Å²) in [7, 11) is -2.35. The zero-order valence-corrected chi connectivity index (χ0v) is 17.2. The molecule has 4 aromatic rings. The molecular formula is C18H14ClN3O4S2. The van der Waals surface area contributed by atoms with Crippen LogP contribution < -0.4 is 10.5 Å². The summed E-state index contributed by atoms with van der Waals surface area (Å²) in [5, 5.41) is 2.60. The standard InChI is InChI=1S/C18H14ClN3O4S2/c1-10-7-14-15(26-18(23)22(14)2)8-16(10)28(24,25)21-17-20-13(9-27-17)11-3-5-12(19)6-4-11/h3-9H,1-2H3,(H,20,21). The van der Waals surface area contributed by atoms with Crippen LogP contribution in [0.1, 0.15) is 5.56 Å². The van der Waals surface area contributed by atoms with Gasteiger partial charge in [-0.2, -0.15) is 0 Å². The molecule has 0 aliphatic carbocycles. The Kier molecular flexibility index (Phi) is 4.53. The zero-order valence-electron chi connectivity index (χ0n) is 14.8. The fourth-order valence-electron chi connectivity index (χ4n) is 2.79. The van der Waals surface area contributed by atoms with Crippen molar-refractivity contribution in [3.05, 3.63) is 62.9 Å². The molecule has 7 nitrogen and oxygen atoms in total. The summed E-state index contributed by atoms with van der Waals surface area (Å²) in [5.74, 6) is -0.551. The van der Waals surface area contributed by atoms with Crippen LogP contribution in [0.4, 0.5) is 5.13 Å². The predicted octanol–water partition coefficient (Wildman–Crippen LogP) is 4.02. The van der Waals surface area contributed by atoms with Gasteiger partial charge in [-0.1, -0.05) is 23.7 Å². The lowest BCUT2D eigenvalue weighted by atomic mass is 10.2. The van der Waals surface area contributed by atoms with Gasteiger partial charge in [0.25, 0.3) is 10.0 Å². The first-order valence-electron chi connectivity index (χ1n) is 8.09. The Bertz CT molecular complexity index is 1350. The highest BCUT2D eigenvalue weighted by atomic mass is 35.5. The van der Waals surface area contributed by atoms with Crippen LogP contribution in [0.25, 0.3) is 22.4 Å². The summed E-state index contributed by atoms with van der Waals surface area (Å²) in [4.78, 5) is 16.0.